The quantitative estimate of drug-likeness (QED) is 0.203. The van der Waals surface area contributed by atoms with Crippen molar-refractivity contribution in [1.82, 2.24) is 39.5 Å². The van der Waals surface area contributed by atoms with Crippen molar-refractivity contribution in [2.75, 3.05) is 91.2 Å². The molecule has 2 aromatic carbocycles. The molecule has 13 nitrogen and oxygen atoms in total. The fraction of sp³-hybridized carbons (Fsp3) is 0.375. The Morgan fingerprint density at radius 1 is 0.745 bits per heavy atom. The number of halogens is 2. The van der Waals surface area contributed by atoms with Gasteiger partial charge >= 0.3 is 0 Å². The number of benzene rings is 2. The van der Waals surface area contributed by atoms with Gasteiger partial charge in [-0.05, 0) is 43.9 Å². The van der Waals surface area contributed by atoms with E-state index in [1.165, 1.54) is 51.8 Å². The number of carbonyl (C=O) groups is 1. The zero-order valence-corrected chi connectivity index (χ0v) is 31.8. The second-order valence-electron chi connectivity index (χ2n) is 13.6. The summed E-state index contributed by atoms with van der Waals surface area (Å²) in [6.07, 6.45) is 6.15. The summed E-state index contributed by atoms with van der Waals surface area (Å²) in [6, 6.07) is 11.6. The number of piperazine rings is 2. The van der Waals surface area contributed by atoms with Crippen molar-refractivity contribution in [2.24, 2.45) is 0 Å². The van der Waals surface area contributed by atoms with Crippen LogP contribution in [0.4, 0.5) is 20.2 Å². The number of aromatic nitrogens is 4. The van der Waals surface area contributed by atoms with Crippen LogP contribution in [-0.2, 0) is 13.1 Å². The Morgan fingerprint density at radius 2 is 1.31 bits per heavy atom. The van der Waals surface area contributed by atoms with Crippen molar-refractivity contribution < 1.29 is 23.0 Å². The van der Waals surface area contributed by atoms with Gasteiger partial charge in [-0.2, -0.15) is 0 Å². The molecule has 2 aliphatic rings. The van der Waals surface area contributed by atoms with Crippen molar-refractivity contribution in [1.29, 1.82) is 0 Å². The minimum atomic E-state index is -0.914. The summed E-state index contributed by atoms with van der Waals surface area (Å²) in [4.78, 5) is 40.2. The van der Waals surface area contributed by atoms with Crippen LogP contribution in [0.5, 0.6) is 11.5 Å². The number of carbonyl (C=O) groups excluding carboxylic acids is 1. The van der Waals surface area contributed by atoms with Crippen molar-refractivity contribution in [3.05, 3.63) is 95.8 Å². The van der Waals surface area contributed by atoms with Gasteiger partial charge in [-0.25, -0.2) is 8.78 Å². The molecule has 0 radical (unpaired) electrons. The Morgan fingerprint density at radius 3 is 1.85 bits per heavy atom. The summed E-state index contributed by atoms with van der Waals surface area (Å²) < 4.78 is 40.6. The Labute approximate surface area is 320 Å². The number of anilines is 2. The van der Waals surface area contributed by atoms with Crippen molar-refractivity contribution in [2.45, 2.75) is 20.0 Å². The monoisotopic (exact) mass is 754 g/mol. The predicted octanol–water partition coefficient (Wildman–Crippen LogP) is 4.79. The van der Waals surface area contributed by atoms with Gasteiger partial charge in [0.2, 0.25) is 0 Å². The maximum Gasteiger partial charge on any atom is 0.257 e. The van der Waals surface area contributed by atoms with Crippen molar-refractivity contribution in [3.63, 3.8) is 0 Å². The normalized spacial score (nSPS) is 15.7. The van der Waals surface area contributed by atoms with E-state index < -0.39 is 17.5 Å². The van der Waals surface area contributed by atoms with Gasteiger partial charge in [0.25, 0.3) is 5.91 Å². The topological polar surface area (TPSA) is 138 Å². The van der Waals surface area contributed by atoms with Crippen LogP contribution in [0.2, 0.25) is 0 Å². The number of ether oxygens (including phenoxy) is 2. The number of hydrogen-bond acceptors (Lipinski definition) is 12. The van der Waals surface area contributed by atoms with Crippen LogP contribution in [0, 0.1) is 11.6 Å². The number of nitrogens with zero attached hydrogens (tertiary/aromatic N) is 8. The largest absolute Gasteiger partial charge is 0.494 e. The van der Waals surface area contributed by atoms with E-state index in [9.17, 15) is 4.79 Å². The molecule has 5 aromatic rings. The maximum atomic E-state index is 15.2. The SMILES string of the molecule is CCN1CCN(Cc2ccc(N)cn2)CC1.COc1cc(OC)c(F)c(-c2ccc(C(=O)Nc3ccc(CN4CCN(C)CC4)nc3)c3nccnc23)c1F. The lowest BCUT2D eigenvalue weighted by atomic mass is 9.98. The number of nitrogens with two attached hydrogens (primary N) is 1. The third-order valence-electron chi connectivity index (χ3n) is 9.92. The van der Waals surface area contributed by atoms with Gasteiger partial charge in [-0.3, -0.25) is 34.5 Å². The fourth-order valence-electron chi connectivity index (χ4n) is 6.61. The van der Waals surface area contributed by atoms with Gasteiger partial charge < -0.3 is 30.3 Å². The standard InChI is InChI=1S/C28H28F2N6O3.C12H20N4/c1-35-10-12-36(13-11-35)16-18-5-4-17(15-33-18)34-28(37)20-7-6-19(26-27(20)32-9-8-31-26)23-24(29)21(38-2)14-22(39-3)25(23)30;1-2-15-5-7-16(8-6-15)10-12-4-3-11(13)9-14-12/h4-9,14-15H,10-13,16H2,1-3H3,(H,34,37);3-4,9H,2,5-8,10,13H2,1H3. The summed E-state index contributed by atoms with van der Waals surface area (Å²) in [6.45, 7) is 13.7. The molecule has 0 atom stereocenters. The van der Waals surface area contributed by atoms with Crippen molar-refractivity contribution in [3.8, 4) is 22.6 Å². The predicted molar refractivity (Wildman–Crippen MR) is 209 cm³/mol. The summed E-state index contributed by atoms with van der Waals surface area (Å²) >= 11 is 0. The second kappa shape index (κ2) is 18.3. The molecule has 2 fully saturated rings. The highest BCUT2D eigenvalue weighted by Gasteiger charge is 2.25. The first kappa shape index (κ1) is 39.3. The highest BCUT2D eigenvalue weighted by atomic mass is 19.1. The number of rotatable bonds is 10. The minimum Gasteiger partial charge on any atom is -0.494 e. The van der Waals surface area contributed by atoms with E-state index in [0.717, 1.165) is 82.0 Å². The van der Waals surface area contributed by atoms with Gasteiger partial charge in [-0.1, -0.05) is 13.0 Å². The Balaban J connectivity index is 0.000000268. The average molecular weight is 755 g/mol. The number of amides is 1. The molecule has 7 rings (SSSR count). The van der Waals surface area contributed by atoms with E-state index >= 15 is 8.78 Å². The molecule has 3 aromatic heterocycles. The van der Waals surface area contributed by atoms with Gasteiger partial charge in [0.15, 0.2) is 23.1 Å². The molecule has 290 valence electrons. The Kier molecular flexibility index (Phi) is 13.1. The molecule has 0 aliphatic carbocycles. The smallest absolute Gasteiger partial charge is 0.257 e. The van der Waals surface area contributed by atoms with Crippen LogP contribution in [0.1, 0.15) is 28.7 Å². The number of fused-ring (bicyclic) bond motifs is 1. The van der Waals surface area contributed by atoms with Crippen molar-refractivity contribution >= 4 is 28.3 Å². The number of methoxy groups -OCH3 is 2. The zero-order chi connectivity index (χ0) is 38.9. The molecule has 2 aliphatic heterocycles. The first-order valence-electron chi connectivity index (χ1n) is 18.3. The lowest BCUT2D eigenvalue weighted by Gasteiger charge is -2.33. The Bertz CT molecular complexity index is 2030. The molecular formula is C40H48F2N10O3. The van der Waals surface area contributed by atoms with Gasteiger partial charge in [0.1, 0.15) is 5.52 Å². The molecule has 15 heteroatoms. The third kappa shape index (κ3) is 9.67. The minimum absolute atomic E-state index is 0.108. The number of nitrogens with one attached hydrogen (secondary N) is 1. The summed E-state index contributed by atoms with van der Waals surface area (Å²) in [7, 11) is 4.67. The third-order valence-corrected chi connectivity index (χ3v) is 9.92. The zero-order valence-electron chi connectivity index (χ0n) is 31.8. The van der Waals surface area contributed by atoms with Gasteiger partial charge in [0, 0.05) is 89.5 Å². The lowest BCUT2D eigenvalue weighted by molar-refractivity contribution is 0.102. The first-order valence-corrected chi connectivity index (χ1v) is 18.3. The molecule has 0 saturated carbocycles. The summed E-state index contributed by atoms with van der Waals surface area (Å²) in [5.74, 6) is -2.66. The van der Waals surface area contributed by atoms with Gasteiger partial charge in [-0.15, -0.1) is 0 Å². The van der Waals surface area contributed by atoms with E-state index in [2.05, 4.69) is 58.8 Å². The summed E-state index contributed by atoms with van der Waals surface area (Å²) in [5.41, 5.74) is 9.14. The highest BCUT2D eigenvalue weighted by molar-refractivity contribution is 6.13. The molecule has 0 spiro atoms. The number of hydrogen-bond donors (Lipinski definition) is 2. The van der Waals surface area contributed by atoms with Crippen LogP contribution in [0.3, 0.4) is 0 Å². The van der Waals surface area contributed by atoms with E-state index in [1.54, 1.807) is 18.5 Å². The number of likely N-dealkylation sites (N-methyl/N-ethyl adjacent to an activating group) is 2. The average Bonchev–Trinajstić information content (AvgIpc) is 3.21. The molecule has 5 heterocycles. The molecule has 0 bridgehead atoms. The van der Waals surface area contributed by atoms with Crippen LogP contribution >= 0.6 is 0 Å². The van der Waals surface area contributed by atoms with Crippen LogP contribution in [0.15, 0.2) is 67.3 Å². The van der Waals surface area contributed by atoms with E-state index in [1.807, 2.05) is 18.2 Å². The number of pyridine rings is 2. The van der Waals surface area contributed by atoms with E-state index in [4.69, 9.17) is 15.2 Å². The molecule has 0 unspecified atom stereocenters. The lowest BCUT2D eigenvalue weighted by Crippen LogP contribution is -2.45. The maximum absolute atomic E-state index is 15.2. The Hall–Kier alpha value is -5.35. The van der Waals surface area contributed by atoms with E-state index in [0.29, 0.717) is 5.69 Å². The van der Waals surface area contributed by atoms with Crippen LogP contribution < -0.4 is 20.5 Å². The molecule has 3 N–H and O–H groups in total. The van der Waals surface area contributed by atoms with Crippen LogP contribution in [0.25, 0.3) is 22.2 Å². The molecule has 2 saturated heterocycles. The summed E-state index contributed by atoms with van der Waals surface area (Å²) in [5, 5.41) is 2.83. The second-order valence-corrected chi connectivity index (χ2v) is 13.6. The number of nitrogen functional groups attached to an aromatic ring is 1. The van der Waals surface area contributed by atoms with Crippen LogP contribution in [-0.4, -0.2) is 126 Å². The fourth-order valence-corrected chi connectivity index (χ4v) is 6.61. The van der Waals surface area contributed by atoms with Gasteiger partial charge in [0.05, 0.1) is 66.0 Å². The highest BCUT2D eigenvalue weighted by Crippen LogP contribution is 2.40. The molecule has 55 heavy (non-hydrogen) atoms. The molecule has 1 amide bonds. The molecular weight excluding hydrogens is 707 g/mol. The first-order chi connectivity index (χ1) is 26.7. The van der Waals surface area contributed by atoms with E-state index in [-0.39, 0.29) is 39.2 Å².